The molecular weight excluding hydrogens is 542 g/mol. The van der Waals surface area contributed by atoms with E-state index in [9.17, 15) is 18.0 Å². The van der Waals surface area contributed by atoms with Crippen LogP contribution in [-0.4, -0.2) is 44.3 Å². The van der Waals surface area contributed by atoms with Crippen LogP contribution in [-0.2, 0) is 14.8 Å². The summed E-state index contributed by atoms with van der Waals surface area (Å²) in [7, 11) is -0.383. The summed E-state index contributed by atoms with van der Waals surface area (Å²) in [5, 5.41) is 5.69. The Kier molecular flexibility index (Phi) is 7.16. The quantitative estimate of drug-likeness (QED) is 0.270. The van der Waals surface area contributed by atoms with E-state index in [1.165, 1.54) is 23.1 Å². The van der Waals surface area contributed by atoms with Gasteiger partial charge in [0, 0.05) is 25.5 Å². The van der Waals surface area contributed by atoms with Crippen LogP contribution >= 0.6 is 0 Å². The van der Waals surface area contributed by atoms with Crippen LogP contribution in [0, 0.1) is 6.92 Å². The van der Waals surface area contributed by atoms with E-state index in [1.54, 1.807) is 43.6 Å². The number of aryl methyl sites for hydroxylation is 1. The zero-order valence-corrected chi connectivity index (χ0v) is 23.4. The van der Waals surface area contributed by atoms with Gasteiger partial charge in [-0.15, -0.1) is 0 Å². The molecule has 41 heavy (non-hydrogen) atoms. The highest BCUT2D eigenvalue weighted by Gasteiger charge is 2.29. The van der Waals surface area contributed by atoms with Gasteiger partial charge in [-0.1, -0.05) is 24.3 Å². The molecule has 2 heterocycles. The maximum Gasteiger partial charge on any atom is 0.261 e. The first-order chi connectivity index (χ1) is 19.6. The van der Waals surface area contributed by atoms with Gasteiger partial charge in [-0.05, 0) is 67.6 Å². The van der Waals surface area contributed by atoms with Crippen LogP contribution < -0.4 is 25.2 Å². The number of rotatable bonds is 7. The van der Waals surface area contributed by atoms with Gasteiger partial charge in [0.2, 0.25) is 11.9 Å². The average molecular weight is 570 g/mol. The van der Waals surface area contributed by atoms with Crippen molar-refractivity contribution in [3.05, 3.63) is 96.7 Å². The lowest BCUT2D eigenvalue weighted by Crippen LogP contribution is -2.25. The standard InChI is InChI=1S/C29H27N7O4S/c1-5-26(37)31-20-7-6-8-21(16-20)34-41(39,40)22-12-10-19(11-13-22)32-29-30-17-25-27(33-29)35(3)24-14-9-18(2)15-23(24)28(38)36(25)4/h5-17,34H,1H2,2-4H3,(H,31,37)(H,30,32,33). The Hall–Kier alpha value is -5.23. The largest absolute Gasteiger partial charge is 0.327 e. The maximum atomic E-state index is 13.1. The number of carbonyl (C=O) groups is 2. The molecule has 1 aliphatic rings. The minimum atomic E-state index is -3.91. The fourth-order valence-corrected chi connectivity index (χ4v) is 5.39. The number of hydrogen-bond donors (Lipinski definition) is 3. The number of carbonyl (C=O) groups excluding carboxylic acids is 2. The van der Waals surface area contributed by atoms with Crippen molar-refractivity contribution in [3.8, 4) is 0 Å². The van der Waals surface area contributed by atoms with Crippen molar-refractivity contribution in [1.82, 2.24) is 9.97 Å². The van der Waals surface area contributed by atoms with Gasteiger partial charge in [0.15, 0.2) is 5.82 Å². The van der Waals surface area contributed by atoms with Crippen LogP contribution in [0.4, 0.5) is 40.2 Å². The lowest BCUT2D eigenvalue weighted by molar-refractivity contribution is -0.111. The molecule has 0 radical (unpaired) electrons. The highest BCUT2D eigenvalue weighted by atomic mass is 32.2. The summed E-state index contributed by atoms with van der Waals surface area (Å²) in [4.78, 5) is 37.1. The molecule has 5 rings (SSSR count). The van der Waals surface area contributed by atoms with E-state index in [-0.39, 0.29) is 22.4 Å². The van der Waals surface area contributed by atoms with Crippen molar-refractivity contribution in [3.63, 3.8) is 0 Å². The average Bonchev–Trinajstić information content (AvgIpc) is 3.02. The molecule has 0 saturated carbocycles. The summed E-state index contributed by atoms with van der Waals surface area (Å²) >= 11 is 0. The Bertz CT molecular complexity index is 1790. The number of benzene rings is 3. The number of sulfonamides is 1. The Morgan fingerprint density at radius 3 is 2.39 bits per heavy atom. The maximum absolute atomic E-state index is 13.1. The molecule has 0 unspecified atom stereocenters. The predicted molar refractivity (Wildman–Crippen MR) is 160 cm³/mol. The van der Waals surface area contributed by atoms with Crippen LogP contribution in [0.15, 0.2) is 90.5 Å². The molecule has 3 aromatic carbocycles. The summed E-state index contributed by atoms with van der Waals surface area (Å²) in [6, 6.07) is 18.1. The molecule has 0 aliphatic carbocycles. The summed E-state index contributed by atoms with van der Waals surface area (Å²) in [5.74, 6) is 0.255. The third-order valence-electron chi connectivity index (χ3n) is 6.47. The molecule has 12 heteroatoms. The van der Waals surface area contributed by atoms with Gasteiger partial charge in [-0.2, -0.15) is 4.98 Å². The third-order valence-corrected chi connectivity index (χ3v) is 7.86. The molecule has 0 fully saturated rings. The van der Waals surface area contributed by atoms with Crippen LogP contribution in [0.5, 0.6) is 0 Å². The van der Waals surface area contributed by atoms with Crippen molar-refractivity contribution in [1.29, 1.82) is 0 Å². The minimum Gasteiger partial charge on any atom is -0.327 e. The summed E-state index contributed by atoms with van der Waals surface area (Å²) in [6.45, 7) is 5.34. The summed E-state index contributed by atoms with van der Waals surface area (Å²) in [5.41, 5.74) is 4.11. The summed E-state index contributed by atoms with van der Waals surface area (Å²) in [6.07, 6.45) is 2.70. The number of fused-ring (bicyclic) bond motifs is 2. The molecule has 2 amide bonds. The van der Waals surface area contributed by atoms with Crippen LogP contribution in [0.1, 0.15) is 15.9 Å². The topological polar surface area (TPSA) is 137 Å². The van der Waals surface area contributed by atoms with Crippen molar-refractivity contribution in [2.45, 2.75) is 11.8 Å². The normalized spacial score (nSPS) is 12.6. The molecule has 208 valence electrons. The highest BCUT2D eigenvalue weighted by molar-refractivity contribution is 7.92. The Morgan fingerprint density at radius 1 is 0.927 bits per heavy atom. The number of hydrogen-bond acceptors (Lipinski definition) is 8. The molecule has 0 bridgehead atoms. The van der Waals surface area contributed by atoms with Crippen molar-refractivity contribution < 1.29 is 18.0 Å². The smallest absolute Gasteiger partial charge is 0.261 e. The molecule has 0 spiro atoms. The zero-order chi connectivity index (χ0) is 29.3. The monoisotopic (exact) mass is 569 g/mol. The van der Waals surface area contributed by atoms with Crippen molar-refractivity contribution in [2.24, 2.45) is 0 Å². The fraction of sp³-hybridized carbons (Fsp3) is 0.103. The second kappa shape index (κ2) is 10.7. The van der Waals surface area contributed by atoms with Gasteiger partial charge < -0.3 is 20.4 Å². The van der Waals surface area contributed by atoms with E-state index >= 15 is 0 Å². The van der Waals surface area contributed by atoms with Gasteiger partial charge in [-0.3, -0.25) is 14.3 Å². The zero-order valence-electron chi connectivity index (χ0n) is 22.5. The molecule has 1 aliphatic heterocycles. The third kappa shape index (κ3) is 5.58. The predicted octanol–water partition coefficient (Wildman–Crippen LogP) is 4.81. The first kappa shape index (κ1) is 27.3. The van der Waals surface area contributed by atoms with Gasteiger partial charge in [0.05, 0.1) is 28.0 Å². The lowest BCUT2D eigenvalue weighted by Gasteiger charge is -2.21. The Balaban J connectivity index is 1.35. The first-order valence-electron chi connectivity index (χ1n) is 12.5. The van der Waals surface area contributed by atoms with E-state index < -0.39 is 15.9 Å². The molecule has 4 aromatic rings. The molecule has 0 saturated heterocycles. The van der Waals surface area contributed by atoms with Gasteiger partial charge in [-0.25, -0.2) is 13.4 Å². The van der Waals surface area contributed by atoms with Crippen molar-refractivity contribution in [2.75, 3.05) is 39.3 Å². The SMILES string of the molecule is C=CC(=O)Nc1cccc(NS(=O)(=O)c2ccc(Nc3ncc4c(n3)N(C)c3ccc(C)cc3C(=O)N4C)cc2)c1. The Labute approximate surface area is 237 Å². The van der Waals surface area contributed by atoms with Gasteiger partial charge in [0.25, 0.3) is 15.9 Å². The van der Waals surface area contributed by atoms with Crippen LogP contribution in [0.2, 0.25) is 0 Å². The summed E-state index contributed by atoms with van der Waals surface area (Å²) < 4.78 is 28.5. The number of nitrogens with one attached hydrogen (secondary N) is 3. The first-order valence-corrected chi connectivity index (χ1v) is 14.0. The molecule has 3 N–H and O–H groups in total. The van der Waals surface area contributed by atoms with Crippen LogP contribution in [0.25, 0.3) is 0 Å². The Morgan fingerprint density at radius 2 is 1.66 bits per heavy atom. The van der Waals surface area contributed by atoms with E-state index in [2.05, 4.69) is 31.9 Å². The van der Waals surface area contributed by atoms with E-state index in [4.69, 9.17) is 0 Å². The van der Waals surface area contributed by atoms with Crippen LogP contribution in [0.3, 0.4) is 0 Å². The van der Waals surface area contributed by atoms with E-state index in [1.807, 2.05) is 37.1 Å². The second-order valence-electron chi connectivity index (χ2n) is 9.38. The molecular formula is C29H27N7O4S. The number of amides is 2. The van der Waals surface area contributed by atoms with Gasteiger partial charge in [0.1, 0.15) is 5.69 Å². The molecule has 1 aromatic heterocycles. The fourth-order valence-electron chi connectivity index (χ4n) is 4.34. The lowest BCUT2D eigenvalue weighted by atomic mass is 10.1. The number of aromatic nitrogens is 2. The number of anilines is 7. The second-order valence-corrected chi connectivity index (χ2v) is 11.1. The van der Waals surface area contributed by atoms with E-state index in [0.717, 1.165) is 17.3 Å². The minimum absolute atomic E-state index is 0.0400. The van der Waals surface area contributed by atoms with E-state index in [0.29, 0.717) is 28.4 Å². The van der Waals surface area contributed by atoms with Gasteiger partial charge >= 0.3 is 0 Å². The van der Waals surface area contributed by atoms with Crippen molar-refractivity contribution >= 4 is 62.0 Å². The molecule has 0 atom stereocenters. The highest BCUT2D eigenvalue weighted by Crippen LogP contribution is 2.38. The number of nitrogens with zero attached hydrogens (tertiary/aromatic N) is 4. The molecule has 11 nitrogen and oxygen atoms in total.